The van der Waals surface area contributed by atoms with Crippen LogP contribution in [0.25, 0.3) is 0 Å². The van der Waals surface area contributed by atoms with Crippen LogP contribution in [-0.4, -0.2) is 17.5 Å². The van der Waals surface area contributed by atoms with Crippen LogP contribution in [0.4, 0.5) is 16.2 Å². The van der Waals surface area contributed by atoms with Gasteiger partial charge in [0.25, 0.3) is 0 Å². The highest BCUT2D eigenvalue weighted by Crippen LogP contribution is 2.21. The van der Waals surface area contributed by atoms with Gasteiger partial charge in [0.05, 0.1) is 13.0 Å². The average molecular weight is 430 g/mol. The SMILES string of the molecule is Cc1cccc(NC(=O)Cc2cccc(N(Cc3ccccc3)C(=O)NC(C)(C)C)c2)c1. The first-order chi connectivity index (χ1) is 15.2. The molecule has 2 N–H and O–H groups in total. The quantitative estimate of drug-likeness (QED) is 0.529. The molecule has 0 saturated carbocycles. The fourth-order valence-corrected chi connectivity index (χ4v) is 3.38. The van der Waals surface area contributed by atoms with Gasteiger partial charge in [0.1, 0.15) is 0 Å². The Morgan fingerprint density at radius 1 is 0.844 bits per heavy atom. The van der Waals surface area contributed by atoms with E-state index in [1.54, 1.807) is 4.90 Å². The van der Waals surface area contributed by atoms with Gasteiger partial charge < -0.3 is 10.6 Å². The summed E-state index contributed by atoms with van der Waals surface area (Å²) in [4.78, 5) is 27.4. The Kier molecular flexibility index (Phi) is 7.31. The van der Waals surface area contributed by atoms with Gasteiger partial charge in [0.15, 0.2) is 0 Å². The fraction of sp³-hybridized carbons (Fsp3) is 0.259. The molecule has 0 fully saturated rings. The van der Waals surface area contributed by atoms with Gasteiger partial charge in [-0.2, -0.15) is 0 Å². The maximum Gasteiger partial charge on any atom is 0.322 e. The molecule has 0 aromatic heterocycles. The lowest BCUT2D eigenvalue weighted by atomic mass is 10.1. The molecule has 0 heterocycles. The van der Waals surface area contributed by atoms with Crippen molar-refractivity contribution in [2.24, 2.45) is 0 Å². The van der Waals surface area contributed by atoms with Gasteiger partial charge in [-0.1, -0.05) is 54.6 Å². The summed E-state index contributed by atoms with van der Waals surface area (Å²) in [5.74, 6) is -0.0958. The first kappa shape index (κ1) is 23.1. The second-order valence-corrected chi connectivity index (χ2v) is 9.02. The third kappa shape index (κ3) is 6.98. The van der Waals surface area contributed by atoms with Crippen LogP contribution in [0.1, 0.15) is 37.5 Å². The largest absolute Gasteiger partial charge is 0.333 e. The van der Waals surface area contributed by atoms with Crippen molar-refractivity contribution in [3.05, 3.63) is 95.6 Å². The monoisotopic (exact) mass is 429 g/mol. The first-order valence-electron chi connectivity index (χ1n) is 10.8. The van der Waals surface area contributed by atoms with E-state index in [-0.39, 0.29) is 23.9 Å². The number of nitrogens with one attached hydrogen (secondary N) is 2. The van der Waals surface area contributed by atoms with Gasteiger partial charge in [0.2, 0.25) is 5.91 Å². The summed E-state index contributed by atoms with van der Waals surface area (Å²) in [6.45, 7) is 8.29. The number of urea groups is 1. The van der Waals surface area contributed by atoms with Crippen LogP contribution in [0.15, 0.2) is 78.9 Å². The van der Waals surface area contributed by atoms with Crippen molar-refractivity contribution in [1.82, 2.24) is 5.32 Å². The van der Waals surface area contributed by atoms with Crippen molar-refractivity contribution in [1.29, 1.82) is 0 Å². The highest BCUT2D eigenvalue weighted by molar-refractivity contribution is 5.94. The van der Waals surface area contributed by atoms with Crippen LogP contribution in [0.3, 0.4) is 0 Å². The van der Waals surface area contributed by atoms with Crippen LogP contribution in [0, 0.1) is 6.92 Å². The molecule has 3 rings (SSSR count). The van der Waals surface area contributed by atoms with Crippen LogP contribution in [0.2, 0.25) is 0 Å². The van der Waals surface area contributed by atoms with E-state index in [1.807, 2.05) is 107 Å². The molecule has 0 unspecified atom stereocenters. The molecule has 0 radical (unpaired) electrons. The molecule has 0 aliphatic rings. The van der Waals surface area contributed by atoms with Crippen LogP contribution < -0.4 is 15.5 Å². The number of benzene rings is 3. The normalized spacial score (nSPS) is 11.0. The van der Waals surface area contributed by atoms with E-state index in [4.69, 9.17) is 0 Å². The molecular formula is C27H31N3O2. The number of nitrogens with zero attached hydrogens (tertiary/aromatic N) is 1. The van der Waals surface area contributed by atoms with E-state index in [0.717, 1.165) is 28.1 Å². The fourth-order valence-electron chi connectivity index (χ4n) is 3.38. The Labute approximate surface area is 190 Å². The standard InChI is InChI=1S/C27H31N3O2/c1-20-10-8-14-23(16-20)28-25(31)18-22-13-9-15-24(17-22)30(26(32)29-27(2,3)4)19-21-11-6-5-7-12-21/h5-17H,18-19H2,1-4H3,(H,28,31)(H,29,32). The minimum Gasteiger partial charge on any atom is -0.333 e. The molecule has 3 aromatic carbocycles. The summed E-state index contributed by atoms with van der Waals surface area (Å²) in [6.07, 6.45) is 0.224. The van der Waals surface area contributed by atoms with Gasteiger partial charge >= 0.3 is 6.03 Å². The third-order valence-electron chi connectivity index (χ3n) is 4.80. The van der Waals surface area contributed by atoms with Crippen molar-refractivity contribution in [2.75, 3.05) is 10.2 Å². The minimum atomic E-state index is -0.364. The van der Waals surface area contributed by atoms with Gasteiger partial charge in [-0.25, -0.2) is 4.79 Å². The predicted octanol–water partition coefficient (Wildman–Crippen LogP) is 5.69. The molecule has 0 aliphatic carbocycles. The Balaban J connectivity index is 1.80. The number of hydrogen-bond donors (Lipinski definition) is 2. The van der Waals surface area contributed by atoms with E-state index >= 15 is 0 Å². The Bertz CT molecular complexity index is 1070. The smallest absolute Gasteiger partial charge is 0.322 e. The second-order valence-electron chi connectivity index (χ2n) is 9.02. The number of hydrogen-bond acceptors (Lipinski definition) is 2. The predicted molar refractivity (Wildman–Crippen MR) is 131 cm³/mol. The van der Waals surface area contributed by atoms with E-state index in [9.17, 15) is 9.59 Å². The van der Waals surface area contributed by atoms with Gasteiger partial charge in [-0.3, -0.25) is 9.69 Å². The van der Waals surface area contributed by atoms with Gasteiger partial charge in [0, 0.05) is 16.9 Å². The molecule has 0 bridgehead atoms. The molecule has 32 heavy (non-hydrogen) atoms. The molecule has 3 aromatic rings. The van der Waals surface area contributed by atoms with E-state index in [2.05, 4.69) is 10.6 Å². The number of carbonyl (C=O) groups excluding carboxylic acids is 2. The lowest BCUT2D eigenvalue weighted by Crippen LogP contribution is -2.48. The minimum absolute atomic E-state index is 0.0958. The Hall–Kier alpha value is -3.60. The van der Waals surface area contributed by atoms with Crippen LogP contribution >= 0.6 is 0 Å². The van der Waals surface area contributed by atoms with Gasteiger partial charge in [-0.05, 0) is 68.7 Å². The summed E-state index contributed by atoms with van der Waals surface area (Å²) in [5, 5.41) is 5.99. The number of aryl methyl sites for hydroxylation is 1. The van der Waals surface area contributed by atoms with E-state index in [1.165, 1.54) is 0 Å². The summed E-state index contributed by atoms with van der Waals surface area (Å²) in [7, 11) is 0. The van der Waals surface area contributed by atoms with E-state index < -0.39 is 0 Å². The first-order valence-corrected chi connectivity index (χ1v) is 10.8. The zero-order valence-electron chi connectivity index (χ0n) is 19.2. The zero-order chi connectivity index (χ0) is 23.1. The molecule has 0 spiro atoms. The van der Waals surface area contributed by atoms with Crippen molar-refractivity contribution in [2.45, 2.75) is 46.2 Å². The lowest BCUT2D eigenvalue weighted by molar-refractivity contribution is -0.115. The number of amides is 3. The topological polar surface area (TPSA) is 61.4 Å². The Morgan fingerprint density at radius 3 is 2.22 bits per heavy atom. The summed E-state index contributed by atoms with van der Waals surface area (Å²) < 4.78 is 0. The molecule has 5 heteroatoms. The number of rotatable bonds is 6. The van der Waals surface area contributed by atoms with Crippen molar-refractivity contribution < 1.29 is 9.59 Å². The van der Waals surface area contributed by atoms with Gasteiger partial charge in [-0.15, -0.1) is 0 Å². The van der Waals surface area contributed by atoms with Crippen LogP contribution in [-0.2, 0) is 17.8 Å². The highest BCUT2D eigenvalue weighted by Gasteiger charge is 2.22. The molecule has 166 valence electrons. The molecule has 0 saturated heterocycles. The third-order valence-corrected chi connectivity index (χ3v) is 4.80. The molecule has 5 nitrogen and oxygen atoms in total. The number of anilines is 2. The van der Waals surface area contributed by atoms with Crippen molar-refractivity contribution in [3.8, 4) is 0 Å². The summed E-state index contributed by atoms with van der Waals surface area (Å²) >= 11 is 0. The lowest BCUT2D eigenvalue weighted by Gasteiger charge is -2.29. The highest BCUT2D eigenvalue weighted by atomic mass is 16.2. The molecular weight excluding hydrogens is 398 g/mol. The molecule has 3 amide bonds. The summed E-state index contributed by atoms with van der Waals surface area (Å²) in [6, 6.07) is 25.0. The van der Waals surface area contributed by atoms with Crippen molar-refractivity contribution >= 4 is 23.3 Å². The Morgan fingerprint density at radius 2 is 1.53 bits per heavy atom. The summed E-state index contributed by atoms with van der Waals surface area (Å²) in [5.41, 5.74) is 4.12. The maximum absolute atomic E-state index is 13.1. The van der Waals surface area contributed by atoms with Crippen molar-refractivity contribution in [3.63, 3.8) is 0 Å². The number of carbonyl (C=O) groups is 2. The zero-order valence-corrected chi connectivity index (χ0v) is 19.2. The maximum atomic E-state index is 13.1. The average Bonchev–Trinajstić information content (AvgIpc) is 2.71. The second kappa shape index (κ2) is 10.1. The molecule has 0 atom stereocenters. The molecule has 0 aliphatic heterocycles. The van der Waals surface area contributed by atoms with E-state index in [0.29, 0.717) is 6.54 Å². The van der Waals surface area contributed by atoms with Crippen LogP contribution in [0.5, 0.6) is 0 Å².